The first-order chi connectivity index (χ1) is 18.2. The number of pyridine rings is 1. The quantitative estimate of drug-likeness (QED) is 0.188. The van der Waals surface area contributed by atoms with Gasteiger partial charge < -0.3 is 14.6 Å². The molecule has 1 fully saturated rings. The van der Waals surface area contributed by atoms with E-state index in [-0.39, 0.29) is 17.4 Å². The van der Waals surface area contributed by atoms with Crippen LogP contribution in [0.4, 0.5) is 5.69 Å². The summed E-state index contributed by atoms with van der Waals surface area (Å²) in [6.07, 6.45) is 2.86. The second-order valence-electron chi connectivity index (χ2n) is 9.69. The Balaban J connectivity index is 1.74. The Labute approximate surface area is 221 Å². The third-order valence-corrected chi connectivity index (χ3v) is 5.88. The van der Waals surface area contributed by atoms with Gasteiger partial charge in [-0.3, -0.25) is 19.5 Å². The molecular weight excluding hydrogens is 484 g/mol. The van der Waals surface area contributed by atoms with Gasteiger partial charge in [-0.25, -0.2) is 4.79 Å². The fourth-order valence-corrected chi connectivity index (χ4v) is 4.12. The number of aliphatic hydroxyl groups is 1. The first-order valence-electron chi connectivity index (χ1n) is 12.4. The summed E-state index contributed by atoms with van der Waals surface area (Å²) in [4.78, 5) is 44.3. The van der Waals surface area contributed by atoms with E-state index in [1.54, 1.807) is 74.8 Å². The molecule has 1 amide bonds. The Hall–Kier alpha value is -4.46. The highest BCUT2D eigenvalue weighted by Crippen LogP contribution is 2.42. The average molecular weight is 515 g/mol. The number of nitrogens with zero attached hydrogens (tertiary/aromatic N) is 2. The van der Waals surface area contributed by atoms with Crippen molar-refractivity contribution in [2.75, 3.05) is 11.5 Å². The normalized spacial score (nSPS) is 16.8. The minimum atomic E-state index is -0.922. The van der Waals surface area contributed by atoms with Crippen LogP contribution in [0.3, 0.4) is 0 Å². The van der Waals surface area contributed by atoms with Crippen molar-refractivity contribution in [3.8, 4) is 5.75 Å². The zero-order chi connectivity index (χ0) is 27.4. The number of amides is 1. The number of hydrogen-bond acceptors (Lipinski definition) is 7. The lowest BCUT2D eigenvalue weighted by molar-refractivity contribution is -0.132. The first kappa shape index (κ1) is 26.6. The van der Waals surface area contributed by atoms with Gasteiger partial charge in [0.2, 0.25) is 0 Å². The zero-order valence-corrected chi connectivity index (χ0v) is 21.8. The van der Waals surface area contributed by atoms with Gasteiger partial charge in [-0.05, 0) is 79.9 Å². The van der Waals surface area contributed by atoms with Crippen LogP contribution >= 0.6 is 0 Å². The molecule has 8 nitrogen and oxygen atoms in total. The molecule has 1 aromatic heterocycles. The number of carbonyl (C=O) groups excluding carboxylic acids is 3. The number of ketones is 1. The van der Waals surface area contributed by atoms with Crippen molar-refractivity contribution < 1.29 is 29.0 Å². The molecule has 3 aromatic rings. The number of aliphatic hydroxyl groups excluding tert-OH is 1. The van der Waals surface area contributed by atoms with Crippen molar-refractivity contribution in [1.82, 2.24) is 4.98 Å². The first-order valence-corrected chi connectivity index (χ1v) is 12.4. The van der Waals surface area contributed by atoms with Crippen LogP contribution in [0.25, 0.3) is 5.76 Å². The van der Waals surface area contributed by atoms with Gasteiger partial charge >= 0.3 is 5.97 Å². The number of hydrogen-bond donors (Lipinski definition) is 1. The summed E-state index contributed by atoms with van der Waals surface area (Å²) < 4.78 is 10.9. The van der Waals surface area contributed by atoms with E-state index in [1.807, 2.05) is 13.8 Å². The van der Waals surface area contributed by atoms with Gasteiger partial charge in [0.25, 0.3) is 11.7 Å². The van der Waals surface area contributed by atoms with Crippen LogP contribution in [0.5, 0.6) is 5.75 Å². The second-order valence-corrected chi connectivity index (χ2v) is 9.69. The lowest BCUT2D eigenvalue weighted by Crippen LogP contribution is -2.29. The monoisotopic (exact) mass is 514 g/mol. The number of aromatic nitrogens is 1. The minimum absolute atomic E-state index is 0.0536. The van der Waals surface area contributed by atoms with Gasteiger partial charge in [0, 0.05) is 23.6 Å². The fourth-order valence-electron chi connectivity index (χ4n) is 4.12. The van der Waals surface area contributed by atoms with Gasteiger partial charge in [-0.2, -0.15) is 0 Å². The highest BCUT2D eigenvalue weighted by molar-refractivity contribution is 6.51. The molecule has 0 aliphatic carbocycles. The van der Waals surface area contributed by atoms with E-state index >= 15 is 0 Å². The van der Waals surface area contributed by atoms with Crippen LogP contribution < -0.4 is 9.64 Å². The molecule has 4 rings (SSSR count). The van der Waals surface area contributed by atoms with E-state index in [4.69, 9.17) is 9.47 Å². The smallest absolute Gasteiger partial charge is 0.338 e. The summed E-state index contributed by atoms with van der Waals surface area (Å²) in [6, 6.07) is 15.4. The van der Waals surface area contributed by atoms with Crippen molar-refractivity contribution in [1.29, 1.82) is 0 Å². The fraction of sp³-hybridized carbons (Fsp3) is 0.267. The Morgan fingerprint density at radius 3 is 2.21 bits per heavy atom. The van der Waals surface area contributed by atoms with E-state index in [9.17, 15) is 19.5 Å². The topological polar surface area (TPSA) is 106 Å². The summed E-state index contributed by atoms with van der Waals surface area (Å²) in [5.74, 6) is -1.41. The third kappa shape index (κ3) is 5.59. The van der Waals surface area contributed by atoms with Gasteiger partial charge in [0.15, 0.2) is 0 Å². The molecule has 2 heterocycles. The predicted octanol–water partition coefficient (Wildman–Crippen LogP) is 5.31. The van der Waals surface area contributed by atoms with Gasteiger partial charge in [-0.15, -0.1) is 0 Å². The van der Waals surface area contributed by atoms with Crippen LogP contribution in [0.1, 0.15) is 55.2 Å². The Bertz CT molecular complexity index is 1350. The molecule has 0 saturated carbocycles. The molecule has 0 spiro atoms. The molecule has 196 valence electrons. The minimum Gasteiger partial charge on any atom is -0.507 e. The van der Waals surface area contributed by atoms with E-state index in [0.29, 0.717) is 40.7 Å². The molecule has 38 heavy (non-hydrogen) atoms. The molecule has 0 bridgehead atoms. The molecule has 8 heteroatoms. The number of benzene rings is 2. The number of carbonyl (C=O) groups is 3. The van der Waals surface area contributed by atoms with E-state index in [0.717, 1.165) is 0 Å². The summed E-state index contributed by atoms with van der Waals surface area (Å²) in [5, 5.41) is 11.3. The third-order valence-electron chi connectivity index (χ3n) is 5.88. The van der Waals surface area contributed by atoms with Crippen LogP contribution in [-0.2, 0) is 14.3 Å². The van der Waals surface area contributed by atoms with Crippen molar-refractivity contribution in [2.24, 2.45) is 5.92 Å². The largest absolute Gasteiger partial charge is 0.507 e. The lowest BCUT2D eigenvalue weighted by atomic mass is 9.96. The van der Waals surface area contributed by atoms with E-state index in [2.05, 4.69) is 4.98 Å². The number of anilines is 1. The van der Waals surface area contributed by atoms with Crippen molar-refractivity contribution in [3.05, 3.63) is 95.3 Å². The standard InChI is InChI=1S/C30H30N2O6/c1-18(2)17-37-24-13-9-20(10-14-24)27(33)25-26(22-6-5-15-31-16-22)32(29(35)28(25)34)23-11-7-21(8-12-23)30(36)38-19(3)4/h5-16,18-19,26,33H,17H2,1-4H3/b27-25+. The molecule has 0 radical (unpaired) electrons. The summed E-state index contributed by atoms with van der Waals surface area (Å²) in [5.41, 5.74) is 1.58. The Morgan fingerprint density at radius 2 is 1.63 bits per heavy atom. The Kier molecular flexibility index (Phi) is 7.90. The molecule has 2 aromatic carbocycles. The lowest BCUT2D eigenvalue weighted by Gasteiger charge is -2.25. The maximum Gasteiger partial charge on any atom is 0.338 e. The van der Waals surface area contributed by atoms with Crippen molar-refractivity contribution in [3.63, 3.8) is 0 Å². The van der Waals surface area contributed by atoms with Crippen LogP contribution in [0, 0.1) is 5.92 Å². The second kappa shape index (κ2) is 11.3. The highest BCUT2D eigenvalue weighted by atomic mass is 16.5. The van der Waals surface area contributed by atoms with Gasteiger partial charge in [0.1, 0.15) is 11.5 Å². The van der Waals surface area contributed by atoms with Gasteiger partial charge in [-0.1, -0.05) is 19.9 Å². The number of esters is 1. The highest BCUT2D eigenvalue weighted by Gasteiger charge is 2.47. The summed E-state index contributed by atoms with van der Waals surface area (Å²) in [6.45, 7) is 8.15. The van der Waals surface area contributed by atoms with Crippen LogP contribution in [-0.4, -0.2) is 40.5 Å². The summed E-state index contributed by atoms with van der Waals surface area (Å²) >= 11 is 0. The number of ether oxygens (including phenoxy) is 2. The maximum absolute atomic E-state index is 13.3. The molecule has 1 aliphatic rings. The van der Waals surface area contributed by atoms with E-state index < -0.39 is 23.7 Å². The Morgan fingerprint density at radius 1 is 0.974 bits per heavy atom. The van der Waals surface area contributed by atoms with E-state index in [1.165, 1.54) is 17.0 Å². The molecule has 1 aliphatic heterocycles. The molecule has 1 N–H and O–H groups in total. The molecule has 1 unspecified atom stereocenters. The molecule has 1 atom stereocenters. The van der Waals surface area contributed by atoms with Crippen molar-refractivity contribution in [2.45, 2.75) is 39.8 Å². The van der Waals surface area contributed by atoms with Crippen LogP contribution in [0.15, 0.2) is 78.6 Å². The zero-order valence-electron chi connectivity index (χ0n) is 21.8. The molecule has 1 saturated heterocycles. The van der Waals surface area contributed by atoms with Crippen molar-refractivity contribution >= 4 is 29.1 Å². The summed E-state index contributed by atoms with van der Waals surface area (Å²) in [7, 11) is 0. The average Bonchev–Trinajstić information content (AvgIpc) is 3.17. The predicted molar refractivity (Wildman–Crippen MR) is 143 cm³/mol. The SMILES string of the molecule is CC(C)COc1ccc(/C(O)=C2\C(=O)C(=O)N(c3ccc(C(=O)OC(C)C)cc3)C2c2cccnc2)cc1. The van der Waals surface area contributed by atoms with Gasteiger partial charge in [0.05, 0.1) is 29.9 Å². The number of Topliss-reactive ketones (excluding diaryl/α,β-unsaturated/α-hetero) is 1. The number of rotatable bonds is 8. The maximum atomic E-state index is 13.3. The van der Waals surface area contributed by atoms with Crippen LogP contribution in [0.2, 0.25) is 0 Å². The molecular formula is C30H30N2O6.